The number of carbonyl (C=O) groups is 3. The third-order valence-electron chi connectivity index (χ3n) is 6.45. The number of aromatic nitrogens is 2. The van der Waals surface area contributed by atoms with E-state index < -0.39 is 17.6 Å². The number of ether oxygens (including phenoxy) is 2. The number of amides is 2. The number of hydrogen-bond donors (Lipinski definition) is 3. The maximum atomic E-state index is 13.6. The molecular formula is C30H34ClFN6O5. The van der Waals surface area contributed by atoms with Gasteiger partial charge < -0.3 is 25.4 Å². The number of likely N-dealkylation sites (N-methyl/N-ethyl adjacent to an activating group) is 1. The van der Waals surface area contributed by atoms with Crippen LogP contribution in [0.25, 0.3) is 10.9 Å². The van der Waals surface area contributed by atoms with Crippen LogP contribution in [0.15, 0.2) is 48.8 Å². The largest absolute Gasteiger partial charge is 0.491 e. The second kappa shape index (κ2) is 15.3. The van der Waals surface area contributed by atoms with E-state index in [1.165, 1.54) is 24.5 Å². The van der Waals surface area contributed by atoms with Crippen LogP contribution in [0, 0.1) is 11.7 Å². The van der Waals surface area contributed by atoms with Gasteiger partial charge >= 0.3 is 5.97 Å². The molecule has 1 aromatic heterocycles. The molecular weight excluding hydrogens is 579 g/mol. The summed E-state index contributed by atoms with van der Waals surface area (Å²) in [6, 6.07) is 7.62. The van der Waals surface area contributed by atoms with Crippen molar-refractivity contribution < 1.29 is 28.2 Å². The second-order valence-corrected chi connectivity index (χ2v) is 10.5. The maximum absolute atomic E-state index is 13.6. The number of halogens is 2. The minimum atomic E-state index is -0.539. The van der Waals surface area contributed by atoms with Gasteiger partial charge in [-0.3, -0.25) is 19.3 Å². The molecule has 11 nitrogen and oxygen atoms in total. The van der Waals surface area contributed by atoms with Gasteiger partial charge in [0.1, 0.15) is 23.7 Å². The summed E-state index contributed by atoms with van der Waals surface area (Å²) in [7, 11) is 1.79. The Hall–Kier alpha value is -4.29. The van der Waals surface area contributed by atoms with Crippen molar-refractivity contribution >= 4 is 57.5 Å². The molecule has 0 saturated heterocycles. The van der Waals surface area contributed by atoms with Crippen molar-refractivity contribution in [3.63, 3.8) is 0 Å². The van der Waals surface area contributed by atoms with Gasteiger partial charge in [-0.05, 0) is 63.4 Å². The van der Waals surface area contributed by atoms with Gasteiger partial charge in [-0.2, -0.15) is 0 Å². The summed E-state index contributed by atoms with van der Waals surface area (Å²) in [6.45, 7) is 3.72. The Balaban J connectivity index is 1.40. The molecule has 0 bridgehead atoms. The number of hydrogen-bond acceptors (Lipinski definition) is 9. The van der Waals surface area contributed by atoms with Crippen molar-refractivity contribution in [2.45, 2.75) is 26.2 Å². The fourth-order valence-corrected chi connectivity index (χ4v) is 4.24. The number of nitrogens with one attached hydrogen (secondary N) is 3. The maximum Gasteiger partial charge on any atom is 0.320 e. The summed E-state index contributed by atoms with van der Waals surface area (Å²) in [4.78, 5) is 47.0. The third kappa shape index (κ3) is 9.90. The first-order valence-electron chi connectivity index (χ1n) is 14.0. The minimum Gasteiger partial charge on any atom is -0.491 e. The predicted molar refractivity (Wildman–Crippen MR) is 162 cm³/mol. The van der Waals surface area contributed by atoms with E-state index in [9.17, 15) is 18.8 Å². The Morgan fingerprint density at radius 3 is 2.67 bits per heavy atom. The Morgan fingerprint density at radius 1 is 1.14 bits per heavy atom. The summed E-state index contributed by atoms with van der Waals surface area (Å²) in [6.07, 6.45) is 6.47. The zero-order chi connectivity index (χ0) is 30.8. The standard InChI is InChI=1S/C30H34ClFN6O5/c1-3-42-29(41)16-38(2)12-4-11-33-27(39)9-10-28(40)37-25-14-21-24(15-26(25)43-17-19-5-6-19)34-18-35-30(21)36-20-7-8-23(32)22(31)13-20/h7-10,13-15,18-19H,3-6,11-12,16-17H2,1-2H3,(H,33,39)(H,37,40)(H,34,35,36)/b10-9+. The number of anilines is 3. The third-order valence-corrected chi connectivity index (χ3v) is 6.74. The summed E-state index contributed by atoms with van der Waals surface area (Å²) < 4.78 is 24.6. The van der Waals surface area contributed by atoms with Crippen LogP contribution in [0.1, 0.15) is 26.2 Å². The molecule has 3 aromatic rings. The molecule has 0 atom stereocenters. The quantitative estimate of drug-likeness (QED) is 0.129. The van der Waals surface area contributed by atoms with Crippen LogP contribution in [-0.4, -0.2) is 72.5 Å². The van der Waals surface area contributed by atoms with E-state index in [0.29, 0.717) is 72.5 Å². The first-order valence-corrected chi connectivity index (χ1v) is 14.3. The molecule has 2 amide bonds. The van der Waals surface area contributed by atoms with Crippen LogP contribution in [0.4, 0.5) is 21.6 Å². The molecule has 1 heterocycles. The van der Waals surface area contributed by atoms with Gasteiger partial charge in [0.05, 0.1) is 36.0 Å². The van der Waals surface area contributed by atoms with Gasteiger partial charge in [-0.25, -0.2) is 14.4 Å². The van der Waals surface area contributed by atoms with Gasteiger partial charge in [0.25, 0.3) is 0 Å². The fraction of sp³-hybridized carbons (Fsp3) is 0.367. The summed E-state index contributed by atoms with van der Waals surface area (Å²) in [5.41, 5.74) is 1.46. The van der Waals surface area contributed by atoms with Crippen LogP contribution in [-0.2, 0) is 19.1 Å². The average Bonchev–Trinajstić information content (AvgIpc) is 3.80. The molecule has 1 saturated carbocycles. The average molecular weight is 613 g/mol. The molecule has 2 aromatic carbocycles. The van der Waals surface area contributed by atoms with E-state index in [1.807, 2.05) is 0 Å². The molecule has 1 aliphatic carbocycles. The Morgan fingerprint density at radius 2 is 1.93 bits per heavy atom. The van der Waals surface area contributed by atoms with Gasteiger partial charge in [-0.15, -0.1) is 0 Å². The van der Waals surface area contributed by atoms with Gasteiger partial charge in [0.15, 0.2) is 0 Å². The Labute approximate surface area is 253 Å². The Bertz CT molecular complexity index is 1500. The molecule has 43 heavy (non-hydrogen) atoms. The van der Waals surface area contributed by atoms with Crippen LogP contribution in [0.2, 0.25) is 5.02 Å². The lowest BCUT2D eigenvalue weighted by Crippen LogP contribution is -2.31. The first-order chi connectivity index (χ1) is 20.7. The molecule has 228 valence electrons. The van der Waals surface area contributed by atoms with Crippen molar-refractivity contribution in [1.82, 2.24) is 20.2 Å². The molecule has 0 unspecified atom stereocenters. The van der Waals surface area contributed by atoms with Crippen LogP contribution in [0.3, 0.4) is 0 Å². The van der Waals surface area contributed by atoms with E-state index >= 15 is 0 Å². The molecule has 13 heteroatoms. The Kier molecular flexibility index (Phi) is 11.2. The topological polar surface area (TPSA) is 135 Å². The number of benzene rings is 2. The highest BCUT2D eigenvalue weighted by Crippen LogP contribution is 2.36. The van der Waals surface area contributed by atoms with Crippen molar-refractivity contribution in [3.05, 3.63) is 59.7 Å². The van der Waals surface area contributed by atoms with Gasteiger partial charge in [-0.1, -0.05) is 11.6 Å². The SMILES string of the molecule is CCOC(=O)CN(C)CCCNC(=O)/C=C/C(=O)Nc1cc2c(Nc3ccc(F)c(Cl)c3)ncnc2cc1OCC1CC1. The molecule has 0 aliphatic heterocycles. The molecule has 0 spiro atoms. The van der Waals surface area contributed by atoms with E-state index in [-0.39, 0.29) is 17.5 Å². The predicted octanol–water partition coefficient (Wildman–Crippen LogP) is 4.45. The lowest BCUT2D eigenvalue weighted by molar-refractivity contribution is -0.144. The van der Waals surface area contributed by atoms with E-state index in [2.05, 4.69) is 25.9 Å². The highest BCUT2D eigenvalue weighted by molar-refractivity contribution is 6.31. The normalized spacial score (nSPS) is 12.9. The fourth-order valence-electron chi connectivity index (χ4n) is 4.05. The van der Waals surface area contributed by atoms with E-state index in [4.69, 9.17) is 21.1 Å². The number of nitrogens with zero attached hydrogens (tertiary/aromatic N) is 3. The number of fused-ring (bicyclic) bond motifs is 1. The molecule has 4 rings (SSSR count). The zero-order valence-electron chi connectivity index (χ0n) is 24.0. The van der Waals surface area contributed by atoms with Crippen LogP contribution < -0.4 is 20.7 Å². The smallest absolute Gasteiger partial charge is 0.320 e. The van der Waals surface area contributed by atoms with Crippen molar-refractivity contribution in [3.8, 4) is 5.75 Å². The van der Waals surface area contributed by atoms with Crippen molar-refractivity contribution in [1.29, 1.82) is 0 Å². The second-order valence-electron chi connectivity index (χ2n) is 10.1. The molecule has 0 radical (unpaired) electrons. The van der Waals surface area contributed by atoms with E-state index in [1.54, 1.807) is 31.0 Å². The lowest BCUT2D eigenvalue weighted by atomic mass is 10.1. The number of carbonyl (C=O) groups excluding carboxylic acids is 3. The highest BCUT2D eigenvalue weighted by atomic mass is 35.5. The van der Waals surface area contributed by atoms with Gasteiger partial charge in [0.2, 0.25) is 11.8 Å². The van der Waals surface area contributed by atoms with Crippen LogP contribution >= 0.6 is 11.6 Å². The lowest BCUT2D eigenvalue weighted by Gasteiger charge is -2.15. The summed E-state index contributed by atoms with van der Waals surface area (Å²) in [5.74, 6) is -0.470. The first kappa shape index (κ1) is 31.6. The molecule has 1 aliphatic rings. The van der Waals surface area contributed by atoms with Crippen LogP contribution in [0.5, 0.6) is 5.75 Å². The summed E-state index contributed by atoms with van der Waals surface area (Å²) in [5, 5.41) is 9.15. The van der Waals surface area contributed by atoms with Crippen molar-refractivity contribution in [2.75, 3.05) is 50.5 Å². The molecule has 1 fully saturated rings. The van der Waals surface area contributed by atoms with E-state index in [0.717, 1.165) is 25.0 Å². The number of rotatable bonds is 15. The number of esters is 1. The van der Waals surface area contributed by atoms with Crippen molar-refractivity contribution in [2.24, 2.45) is 5.92 Å². The summed E-state index contributed by atoms with van der Waals surface area (Å²) >= 11 is 5.93. The zero-order valence-corrected chi connectivity index (χ0v) is 24.7. The molecule has 3 N–H and O–H groups in total. The monoisotopic (exact) mass is 612 g/mol. The van der Waals surface area contributed by atoms with Gasteiger partial charge in [0, 0.05) is 42.4 Å². The highest BCUT2D eigenvalue weighted by Gasteiger charge is 2.23. The minimum absolute atomic E-state index is 0.0377.